The van der Waals surface area contributed by atoms with Gasteiger partial charge < -0.3 is 15.1 Å². The maximum absolute atomic E-state index is 11.1. The Morgan fingerprint density at radius 1 is 1.24 bits per heavy atom. The van der Waals surface area contributed by atoms with Gasteiger partial charge in [0.15, 0.2) is 5.13 Å². The van der Waals surface area contributed by atoms with Gasteiger partial charge in [0, 0.05) is 31.0 Å². The predicted octanol–water partition coefficient (Wildman–Crippen LogP) is 2.88. The number of fused-ring (bicyclic) bond motifs is 1. The van der Waals surface area contributed by atoms with Gasteiger partial charge in [-0.1, -0.05) is 17.4 Å². The lowest BCUT2D eigenvalue weighted by atomic mass is 9.85. The van der Waals surface area contributed by atoms with E-state index in [1.54, 1.807) is 30.6 Å². The fraction of sp³-hybridized carbons (Fsp3) is 0.278. The number of carboxylic acid groups (broad SMARTS) is 1. The van der Waals surface area contributed by atoms with Gasteiger partial charge in [0.05, 0.1) is 21.4 Å². The van der Waals surface area contributed by atoms with Crippen LogP contribution in [0.5, 0.6) is 0 Å². The van der Waals surface area contributed by atoms with Crippen LogP contribution in [0.2, 0.25) is 0 Å². The number of hydrogen-bond acceptors (Lipinski definition) is 6. The number of nitrogens with zero attached hydrogens (tertiary/aromatic N) is 3. The van der Waals surface area contributed by atoms with Crippen molar-refractivity contribution in [3.63, 3.8) is 0 Å². The summed E-state index contributed by atoms with van der Waals surface area (Å²) >= 11 is 1.49. The molecule has 3 heterocycles. The van der Waals surface area contributed by atoms with E-state index in [2.05, 4.69) is 14.9 Å². The topological polar surface area (TPSA) is 86.5 Å². The summed E-state index contributed by atoms with van der Waals surface area (Å²) < 4.78 is 0.864. The number of piperidine rings is 1. The number of benzene rings is 1. The van der Waals surface area contributed by atoms with E-state index < -0.39 is 11.6 Å². The van der Waals surface area contributed by atoms with Crippen LogP contribution < -0.4 is 4.90 Å². The number of pyridine rings is 1. The van der Waals surface area contributed by atoms with Crippen molar-refractivity contribution in [2.24, 2.45) is 0 Å². The van der Waals surface area contributed by atoms with Gasteiger partial charge in [-0.15, -0.1) is 0 Å². The number of carboxylic acids is 1. The highest BCUT2D eigenvalue weighted by Crippen LogP contribution is 2.36. The molecule has 2 aromatic heterocycles. The summed E-state index contributed by atoms with van der Waals surface area (Å²) in [6, 6.07) is 8.73. The van der Waals surface area contributed by atoms with Crippen LogP contribution >= 0.6 is 11.3 Å². The van der Waals surface area contributed by atoms with Gasteiger partial charge in [0.1, 0.15) is 0 Å². The van der Waals surface area contributed by atoms with E-state index in [1.807, 2.05) is 12.1 Å². The average Bonchev–Trinajstić information content (AvgIpc) is 3.06. The third kappa shape index (κ3) is 2.96. The van der Waals surface area contributed by atoms with E-state index in [1.165, 1.54) is 11.3 Å². The molecule has 0 saturated carbocycles. The number of hydrogen-bond donors (Lipinski definition) is 2. The van der Waals surface area contributed by atoms with Crippen LogP contribution in [0.25, 0.3) is 10.2 Å². The second-order valence-corrected chi connectivity index (χ2v) is 7.25. The van der Waals surface area contributed by atoms with Crippen LogP contribution in [0.3, 0.4) is 0 Å². The monoisotopic (exact) mass is 355 g/mol. The zero-order valence-corrected chi connectivity index (χ0v) is 14.2. The minimum absolute atomic E-state index is 0.271. The molecule has 1 aliphatic heterocycles. The summed E-state index contributed by atoms with van der Waals surface area (Å²) in [6.45, 7) is 1.38. The Kier molecular flexibility index (Phi) is 3.89. The lowest BCUT2D eigenvalue weighted by molar-refractivity contribution is 0.0114. The summed E-state index contributed by atoms with van der Waals surface area (Å²) in [7, 11) is 0. The number of aliphatic hydroxyl groups is 1. The number of rotatable bonds is 3. The van der Waals surface area contributed by atoms with Crippen molar-refractivity contribution >= 4 is 32.7 Å². The Bertz CT molecular complexity index is 918. The highest BCUT2D eigenvalue weighted by Gasteiger charge is 2.35. The standard InChI is InChI=1S/C18H17N3O3S/c22-16(23)12-3-4-14-15(10-12)25-17(20-14)21-8-5-18(24,6-9-21)13-2-1-7-19-11-13/h1-4,7,10-11,24H,5-6,8-9H2,(H,22,23). The molecule has 1 fully saturated rings. The Morgan fingerprint density at radius 2 is 2.04 bits per heavy atom. The van der Waals surface area contributed by atoms with Crippen molar-refractivity contribution in [3.05, 3.63) is 53.9 Å². The smallest absolute Gasteiger partial charge is 0.335 e. The first-order valence-corrected chi connectivity index (χ1v) is 8.88. The molecule has 0 bridgehead atoms. The Labute approximate surface area is 148 Å². The molecule has 0 radical (unpaired) electrons. The molecular weight excluding hydrogens is 338 g/mol. The molecule has 7 heteroatoms. The molecule has 1 saturated heterocycles. The molecule has 0 aliphatic carbocycles. The van der Waals surface area contributed by atoms with Gasteiger partial charge in [-0.3, -0.25) is 4.98 Å². The summed E-state index contributed by atoms with van der Waals surface area (Å²) in [5.74, 6) is -0.934. The van der Waals surface area contributed by atoms with Gasteiger partial charge in [-0.2, -0.15) is 0 Å². The molecule has 0 unspecified atom stereocenters. The maximum Gasteiger partial charge on any atom is 0.335 e. The van der Waals surface area contributed by atoms with Crippen molar-refractivity contribution in [2.45, 2.75) is 18.4 Å². The first-order valence-electron chi connectivity index (χ1n) is 8.07. The SMILES string of the molecule is O=C(O)c1ccc2nc(N3CCC(O)(c4cccnc4)CC3)sc2c1. The highest BCUT2D eigenvalue weighted by atomic mass is 32.1. The molecule has 2 N–H and O–H groups in total. The van der Waals surface area contributed by atoms with Gasteiger partial charge in [0.25, 0.3) is 0 Å². The minimum Gasteiger partial charge on any atom is -0.478 e. The Hall–Kier alpha value is -2.51. The second-order valence-electron chi connectivity index (χ2n) is 6.24. The van der Waals surface area contributed by atoms with Gasteiger partial charge in [-0.25, -0.2) is 9.78 Å². The summed E-state index contributed by atoms with van der Waals surface area (Å²) in [6.07, 6.45) is 4.64. The largest absolute Gasteiger partial charge is 0.478 e. The molecule has 1 aromatic carbocycles. The van der Waals surface area contributed by atoms with Crippen molar-refractivity contribution < 1.29 is 15.0 Å². The fourth-order valence-corrected chi connectivity index (χ4v) is 4.23. The lowest BCUT2D eigenvalue weighted by Gasteiger charge is -2.38. The molecule has 6 nitrogen and oxygen atoms in total. The van der Waals surface area contributed by atoms with E-state index in [9.17, 15) is 9.90 Å². The van der Waals surface area contributed by atoms with E-state index >= 15 is 0 Å². The first kappa shape index (κ1) is 16.0. The normalized spacial score (nSPS) is 16.9. The van der Waals surface area contributed by atoms with Crippen LogP contribution in [0.1, 0.15) is 28.8 Å². The van der Waals surface area contributed by atoms with Crippen LogP contribution in [-0.4, -0.2) is 39.2 Å². The number of carbonyl (C=O) groups is 1. The van der Waals surface area contributed by atoms with Gasteiger partial charge in [0.2, 0.25) is 0 Å². The molecule has 0 spiro atoms. The quantitative estimate of drug-likeness (QED) is 0.751. The minimum atomic E-state index is -0.934. The number of anilines is 1. The molecule has 25 heavy (non-hydrogen) atoms. The number of aromatic nitrogens is 2. The van der Waals surface area contributed by atoms with Crippen molar-refractivity contribution in [3.8, 4) is 0 Å². The van der Waals surface area contributed by atoms with Crippen molar-refractivity contribution in [2.75, 3.05) is 18.0 Å². The summed E-state index contributed by atoms with van der Waals surface area (Å²) in [5.41, 5.74) is 1.08. The van der Waals surface area contributed by atoms with E-state index in [0.29, 0.717) is 25.9 Å². The molecule has 0 amide bonds. The average molecular weight is 355 g/mol. The zero-order valence-electron chi connectivity index (χ0n) is 13.4. The zero-order chi connectivity index (χ0) is 17.4. The third-order valence-electron chi connectivity index (χ3n) is 4.68. The third-order valence-corrected chi connectivity index (χ3v) is 5.76. The Balaban J connectivity index is 1.54. The van der Waals surface area contributed by atoms with E-state index in [-0.39, 0.29) is 5.56 Å². The van der Waals surface area contributed by atoms with Crippen molar-refractivity contribution in [1.82, 2.24) is 9.97 Å². The van der Waals surface area contributed by atoms with Crippen LogP contribution in [0, 0.1) is 0 Å². The van der Waals surface area contributed by atoms with Crippen LogP contribution in [0.15, 0.2) is 42.7 Å². The summed E-state index contributed by atoms with van der Waals surface area (Å²) in [5, 5.41) is 20.9. The van der Waals surface area contributed by atoms with Crippen LogP contribution in [-0.2, 0) is 5.60 Å². The molecular formula is C18H17N3O3S. The molecule has 3 aromatic rings. The maximum atomic E-state index is 11.1. The van der Waals surface area contributed by atoms with Gasteiger partial charge in [-0.05, 0) is 37.1 Å². The molecule has 4 rings (SSSR count). The van der Waals surface area contributed by atoms with Gasteiger partial charge >= 0.3 is 5.97 Å². The number of aromatic carboxylic acids is 1. The predicted molar refractivity (Wildman–Crippen MR) is 96.2 cm³/mol. The summed E-state index contributed by atoms with van der Waals surface area (Å²) in [4.78, 5) is 22.0. The molecule has 0 atom stereocenters. The molecule has 1 aliphatic rings. The first-order chi connectivity index (χ1) is 12.0. The molecule has 128 valence electrons. The Morgan fingerprint density at radius 3 is 2.72 bits per heavy atom. The number of thiazole rings is 1. The lowest BCUT2D eigenvalue weighted by Crippen LogP contribution is -2.42. The van der Waals surface area contributed by atoms with E-state index in [4.69, 9.17) is 5.11 Å². The second kappa shape index (κ2) is 6.09. The van der Waals surface area contributed by atoms with E-state index in [0.717, 1.165) is 20.9 Å². The highest BCUT2D eigenvalue weighted by molar-refractivity contribution is 7.22. The fourth-order valence-electron chi connectivity index (χ4n) is 3.18. The van der Waals surface area contributed by atoms with Crippen molar-refractivity contribution in [1.29, 1.82) is 0 Å². The van der Waals surface area contributed by atoms with Crippen LogP contribution in [0.4, 0.5) is 5.13 Å².